The van der Waals surface area contributed by atoms with Crippen molar-refractivity contribution >= 4 is 11.8 Å². The second-order valence-corrected chi connectivity index (χ2v) is 9.28. The first-order valence-corrected chi connectivity index (χ1v) is 13.0. The molecule has 6 nitrogen and oxygen atoms in total. The molecular formula is C25H46N2O4. The zero-order valence-electron chi connectivity index (χ0n) is 19.6. The van der Waals surface area contributed by atoms with E-state index in [0.717, 1.165) is 45.3 Å². The average Bonchev–Trinajstić information content (AvgIpc) is 3.67. The molecule has 0 aromatic rings. The largest absolute Gasteiger partial charge is 0.373 e. The predicted molar refractivity (Wildman–Crippen MR) is 124 cm³/mol. The summed E-state index contributed by atoms with van der Waals surface area (Å²) in [6.07, 6.45) is 19.9. The summed E-state index contributed by atoms with van der Waals surface area (Å²) in [6.45, 7) is 3.24. The van der Waals surface area contributed by atoms with Gasteiger partial charge in [0.1, 0.15) is 0 Å². The van der Waals surface area contributed by atoms with Gasteiger partial charge >= 0.3 is 0 Å². The maximum absolute atomic E-state index is 11.8. The molecule has 2 amide bonds. The van der Waals surface area contributed by atoms with Crippen molar-refractivity contribution in [3.8, 4) is 0 Å². The van der Waals surface area contributed by atoms with E-state index in [9.17, 15) is 9.59 Å². The van der Waals surface area contributed by atoms with Crippen LogP contribution in [0.25, 0.3) is 0 Å². The number of hydrogen-bond acceptors (Lipinski definition) is 4. The SMILES string of the molecule is O=C(CCCCCCCCC1CO1)NCCCNC(=O)CCCCCCCCC1CO1. The third-order valence-corrected chi connectivity index (χ3v) is 6.16. The lowest BCUT2D eigenvalue weighted by molar-refractivity contribution is -0.121. The van der Waals surface area contributed by atoms with Gasteiger partial charge < -0.3 is 20.1 Å². The van der Waals surface area contributed by atoms with Crippen LogP contribution < -0.4 is 10.6 Å². The molecule has 2 saturated heterocycles. The number of epoxide rings is 2. The van der Waals surface area contributed by atoms with Crippen LogP contribution in [0.4, 0.5) is 0 Å². The fraction of sp³-hybridized carbons (Fsp3) is 0.920. The lowest BCUT2D eigenvalue weighted by atomic mass is 10.1. The number of unbranched alkanes of at least 4 members (excludes halogenated alkanes) is 10. The molecule has 2 unspecified atom stereocenters. The number of hydrogen-bond donors (Lipinski definition) is 2. The van der Waals surface area contributed by atoms with Gasteiger partial charge in [0.2, 0.25) is 11.8 Å². The molecule has 0 saturated carbocycles. The summed E-state index contributed by atoms with van der Waals surface area (Å²) in [6, 6.07) is 0. The highest BCUT2D eigenvalue weighted by molar-refractivity contribution is 5.76. The highest BCUT2D eigenvalue weighted by Gasteiger charge is 2.21. The van der Waals surface area contributed by atoms with Crippen LogP contribution in [-0.4, -0.2) is 50.3 Å². The maximum Gasteiger partial charge on any atom is 0.219 e. The van der Waals surface area contributed by atoms with E-state index in [2.05, 4.69) is 10.6 Å². The quantitative estimate of drug-likeness (QED) is 0.190. The molecule has 2 aliphatic heterocycles. The van der Waals surface area contributed by atoms with E-state index in [4.69, 9.17) is 9.47 Å². The molecule has 31 heavy (non-hydrogen) atoms. The first-order chi connectivity index (χ1) is 15.2. The fourth-order valence-corrected chi connectivity index (χ4v) is 3.92. The summed E-state index contributed by atoms with van der Waals surface area (Å²) in [4.78, 5) is 23.7. The van der Waals surface area contributed by atoms with E-state index in [1.54, 1.807) is 0 Å². The lowest BCUT2D eigenvalue weighted by Crippen LogP contribution is -2.29. The van der Waals surface area contributed by atoms with Crippen molar-refractivity contribution in [1.29, 1.82) is 0 Å². The van der Waals surface area contributed by atoms with E-state index in [1.807, 2.05) is 0 Å². The Balaban J connectivity index is 1.23. The molecule has 2 atom stereocenters. The molecule has 0 bridgehead atoms. The van der Waals surface area contributed by atoms with Crippen LogP contribution in [0.5, 0.6) is 0 Å². The Labute approximate surface area is 189 Å². The molecular weight excluding hydrogens is 392 g/mol. The van der Waals surface area contributed by atoms with E-state index in [0.29, 0.717) is 38.1 Å². The first-order valence-electron chi connectivity index (χ1n) is 13.0. The summed E-state index contributed by atoms with van der Waals surface area (Å²) in [5, 5.41) is 5.92. The zero-order chi connectivity index (χ0) is 22.0. The monoisotopic (exact) mass is 438 g/mol. The second kappa shape index (κ2) is 17.4. The van der Waals surface area contributed by atoms with E-state index in [-0.39, 0.29) is 11.8 Å². The Bertz CT molecular complexity index is 436. The minimum absolute atomic E-state index is 0.141. The van der Waals surface area contributed by atoms with Gasteiger partial charge in [-0.15, -0.1) is 0 Å². The Morgan fingerprint density at radius 1 is 0.548 bits per heavy atom. The molecule has 2 rings (SSSR count). The molecule has 180 valence electrons. The van der Waals surface area contributed by atoms with Crippen molar-refractivity contribution in [2.24, 2.45) is 0 Å². The van der Waals surface area contributed by atoms with E-state index < -0.39 is 0 Å². The van der Waals surface area contributed by atoms with Crippen molar-refractivity contribution in [1.82, 2.24) is 10.6 Å². The molecule has 2 heterocycles. The van der Waals surface area contributed by atoms with Gasteiger partial charge in [-0.3, -0.25) is 9.59 Å². The highest BCUT2D eigenvalue weighted by Crippen LogP contribution is 2.19. The minimum Gasteiger partial charge on any atom is -0.373 e. The Hall–Kier alpha value is -1.14. The van der Waals surface area contributed by atoms with Crippen molar-refractivity contribution in [2.45, 2.75) is 121 Å². The molecule has 2 fully saturated rings. The van der Waals surface area contributed by atoms with Gasteiger partial charge in [0.15, 0.2) is 0 Å². The fourth-order valence-electron chi connectivity index (χ4n) is 3.92. The maximum atomic E-state index is 11.8. The summed E-state index contributed by atoms with van der Waals surface area (Å²) in [5.74, 6) is 0.281. The molecule has 2 aliphatic rings. The summed E-state index contributed by atoms with van der Waals surface area (Å²) in [7, 11) is 0. The molecule has 6 heteroatoms. The third kappa shape index (κ3) is 17.1. The third-order valence-electron chi connectivity index (χ3n) is 6.16. The number of rotatable bonds is 22. The van der Waals surface area contributed by atoms with E-state index in [1.165, 1.54) is 64.2 Å². The molecule has 0 aliphatic carbocycles. The van der Waals surface area contributed by atoms with Crippen LogP contribution in [-0.2, 0) is 19.1 Å². The van der Waals surface area contributed by atoms with Crippen LogP contribution in [0.2, 0.25) is 0 Å². The van der Waals surface area contributed by atoms with Crippen LogP contribution in [0.15, 0.2) is 0 Å². The zero-order valence-corrected chi connectivity index (χ0v) is 19.6. The first kappa shape index (κ1) is 26.1. The number of carbonyl (C=O) groups excluding carboxylic acids is 2. The summed E-state index contributed by atoms with van der Waals surface area (Å²) < 4.78 is 10.4. The Kier molecular flexibility index (Phi) is 14.7. The van der Waals surface area contributed by atoms with Crippen LogP contribution in [0.3, 0.4) is 0 Å². The summed E-state index contributed by atoms with van der Waals surface area (Å²) in [5.41, 5.74) is 0. The van der Waals surface area contributed by atoms with Gasteiger partial charge in [-0.25, -0.2) is 0 Å². The van der Waals surface area contributed by atoms with Gasteiger partial charge in [0.25, 0.3) is 0 Å². The molecule has 0 spiro atoms. The van der Waals surface area contributed by atoms with Gasteiger partial charge in [-0.2, -0.15) is 0 Å². The molecule has 0 aromatic heterocycles. The van der Waals surface area contributed by atoms with Crippen LogP contribution in [0.1, 0.15) is 109 Å². The van der Waals surface area contributed by atoms with Crippen molar-refractivity contribution in [3.63, 3.8) is 0 Å². The van der Waals surface area contributed by atoms with Gasteiger partial charge in [-0.1, -0.05) is 64.2 Å². The van der Waals surface area contributed by atoms with Crippen molar-refractivity contribution in [3.05, 3.63) is 0 Å². The Morgan fingerprint density at radius 2 is 0.903 bits per heavy atom. The normalized spacial score (nSPS) is 19.2. The predicted octanol–water partition coefficient (Wildman–Crippen LogP) is 4.65. The number of nitrogens with one attached hydrogen (secondary N) is 2. The standard InChI is InChI=1S/C25H46N2O4/c28-24(16-11-7-3-1-5-9-14-22-20-30-22)26-18-13-19-27-25(29)17-12-8-4-2-6-10-15-23-21-31-23/h22-23H,1-21H2,(H,26,28)(H,27,29). The smallest absolute Gasteiger partial charge is 0.219 e. The molecule has 0 aromatic carbocycles. The second-order valence-electron chi connectivity index (χ2n) is 9.28. The Morgan fingerprint density at radius 3 is 1.29 bits per heavy atom. The van der Waals surface area contributed by atoms with Gasteiger partial charge in [0, 0.05) is 25.9 Å². The summed E-state index contributed by atoms with van der Waals surface area (Å²) >= 11 is 0. The lowest BCUT2D eigenvalue weighted by Gasteiger charge is -2.07. The minimum atomic E-state index is 0.141. The van der Waals surface area contributed by atoms with Crippen LogP contribution in [0, 0.1) is 0 Å². The highest BCUT2D eigenvalue weighted by atomic mass is 16.6. The van der Waals surface area contributed by atoms with Gasteiger partial charge in [0.05, 0.1) is 25.4 Å². The van der Waals surface area contributed by atoms with Gasteiger partial charge in [-0.05, 0) is 32.1 Å². The van der Waals surface area contributed by atoms with E-state index >= 15 is 0 Å². The van der Waals surface area contributed by atoms with Crippen LogP contribution >= 0.6 is 0 Å². The van der Waals surface area contributed by atoms with Crippen molar-refractivity contribution < 1.29 is 19.1 Å². The molecule has 0 radical (unpaired) electrons. The number of carbonyl (C=O) groups is 2. The number of ether oxygens (including phenoxy) is 2. The molecule has 2 N–H and O–H groups in total. The topological polar surface area (TPSA) is 83.3 Å². The average molecular weight is 439 g/mol. The number of amides is 2. The van der Waals surface area contributed by atoms with Crippen molar-refractivity contribution in [2.75, 3.05) is 26.3 Å².